The van der Waals surface area contributed by atoms with Crippen LogP contribution in [0.4, 0.5) is 16.0 Å². The zero-order chi connectivity index (χ0) is 24.2. The fourth-order valence-corrected chi connectivity index (χ4v) is 3.76. The number of nitrogens with one attached hydrogen (secondary N) is 1. The van der Waals surface area contributed by atoms with E-state index in [-0.39, 0.29) is 17.2 Å². The Balaban J connectivity index is 1.61. The number of aromatic nitrogens is 5. The molecule has 1 atom stereocenters. The summed E-state index contributed by atoms with van der Waals surface area (Å²) in [7, 11) is 0. The predicted molar refractivity (Wildman–Crippen MR) is 126 cm³/mol. The van der Waals surface area contributed by atoms with Crippen LogP contribution in [0.25, 0.3) is 11.3 Å². The molecule has 0 saturated carbocycles. The minimum atomic E-state index is -0.903. The Morgan fingerprint density at radius 3 is 2.74 bits per heavy atom. The molecular weight excluding hydrogens is 463 g/mol. The van der Waals surface area contributed by atoms with Crippen molar-refractivity contribution in [3.8, 4) is 11.3 Å². The maximum Gasteiger partial charge on any atom is 0.251 e. The van der Waals surface area contributed by atoms with E-state index < -0.39 is 24.0 Å². The molecule has 9 nitrogen and oxygen atoms in total. The van der Waals surface area contributed by atoms with E-state index in [2.05, 4.69) is 20.4 Å². The number of benzene rings is 1. The average Bonchev–Trinajstić information content (AvgIpc) is 3.16. The van der Waals surface area contributed by atoms with Crippen LogP contribution in [0.1, 0.15) is 17.3 Å². The van der Waals surface area contributed by atoms with Gasteiger partial charge in [0.2, 0.25) is 5.95 Å². The van der Waals surface area contributed by atoms with Crippen LogP contribution >= 0.6 is 11.6 Å². The van der Waals surface area contributed by atoms with Crippen LogP contribution in [0.5, 0.6) is 0 Å². The molecule has 0 unspecified atom stereocenters. The van der Waals surface area contributed by atoms with Crippen LogP contribution in [0.3, 0.4) is 0 Å². The van der Waals surface area contributed by atoms with E-state index in [4.69, 9.17) is 16.7 Å². The van der Waals surface area contributed by atoms with Gasteiger partial charge in [0.15, 0.2) is 0 Å². The normalized spacial score (nSPS) is 12.0. The Labute approximate surface area is 199 Å². The lowest BCUT2D eigenvalue weighted by atomic mass is 10.1. The molecule has 11 heteroatoms. The van der Waals surface area contributed by atoms with Gasteiger partial charge < -0.3 is 20.1 Å². The van der Waals surface area contributed by atoms with Gasteiger partial charge in [-0.25, -0.2) is 14.4 Å². The van der Waals surface area contributed by atoms with Gasteiger partial charge in [-0.2, -0.15) is 5.10 Å². The summed E-state index contributed by atoms with van der Waals surface area (Å²) in [6, 6.07) is 7.89. The number of nitrogens with zero attached hydrogens (tertiary/aromatic N) is 5. The molecule has 0 aliphatic carbocycles. The SMILES string of the molecule is Cc1c(Nc2nccc(-c3ccn([C@H](CO)c4ccc(Cl)cc4F)c(=O)c3)n2)cnn1CCO. The van der Waals surface area contributed by atoms with Crippen LogP contribution in [-0.2, 0) is 6.54 Å². The molecule has 4 rings (SSSR count). The van der Waals surface area contributed by atoms with Gasteiger partial charge in [0.05, 0.1) is 49.1 Å². The van der Waals surface area contributed by atoms with E-state index in [0.717, 1.165) is 11.8 Å². The van der Waals surface area contributed by atoms with Gasteiger partial charge in [0.1, 0.15) is 5.82 Å². The van der Waals surface area contributed by atoms with Gasteiger partial charge in [-0.1, -0.05) is 17.7 Å². The summed E-state index contributed by atoms with van der Waals surface area (Å²) < 4.78 is 17.3. The summed E-state index contributed by atoms with van der Waals surface area (Å²) in [4.78, 5) is 21.6. The zero-order valence-corrected chi connectivity index (χ0v) is 18.9. The number of rotatable bonds is 8. The number of aliphatic hydroxyl groups is 2. The number of pyridine rings is 1. The summed E-state index contributed by atoms with van der Waals surface area (Å²) in [6.45, 7) is 1.74. The van der Waals surface area contributed by atoms with Crippen molar-refractivity contribution in [1.29, 1.82) is 0 Å². The summed E-state index contributed by atoms with van der Waals surface area (Å²) in [6.07, 6.45) is 4.67. The van der Waals surface area contributed by atoms with Crippen molar-refractivity contribution in [2.24, 2.45) is 0 Å². The molecule has 3 N–H and O–H groups in total. The molecule has 4 aromatic rings. The first-order valence-corrected chi connectivity index (χ1v) is 10.8. The summed E-state index contributed by atoms with van der Waals surface area (Å²) in [5.74, 6) is -0.295. The van der Waals surface area contributed by atoms with Crippen molar-refractivity contribution in [2.45, 2.75) is 19.5 Å². The summed E-state index contributed by atoms with van der Waals surface area (Å²) in [5.41, 5.74) is 2.27. The van der Waals surface area contributed by atoms with Crippen molar-refractivity contribution >= 4 is 23.2 Å². The number of hydrogen-bond donors (Lipinski definition) is 3. The van der Waals surface area contributed by atoms with E-state index in [0.29, 0.717) is 29.4 Å². The second-order valence-electron chi connectivity index (χ2n) is 7.51. The molecule has 0 fully saturated rings. The summed E-state index contributed by atoms with van der Waals surface area (Å²) >= 11 is 5.82. The van der Waals surface area contributed by atoms with E-state index in [9.17, 15) is 14.3 Å². The number of anilines is 2. The lowest BCUT2D eigenvalue weighted by molar-refractivity contribution is 0.244. The zero-order valence-electron chi connectivity index (χ0n) is 18.2. The molecule has 0 aliphatic heterocycles. The molecule has 3 aromatic heterocycles. The molecule has 0 amide bonds. The molecule has 0 radical (unpaired) electrons. The molecule has 0 spiro atoms. The second-order valence-corrected chi connectivity index (χ2v) is 7.94. The largest absolute Gasteiger partial charge is 0.394 e. The number of aliphatic hydroxyl groups excluding tert-OH is 2. The first kappa shape index (κ1) is 23.6. The van der Waals surface area contributed by atoms with Gasteiger partial charge in [-0.3, -0.25) is 9.48 Å². The molecule has 3 heterocycles. The van der Waals surface area contributed by atoms with Gasteiger partial charge in [0, 0.05) is 34.6 Å². The third-order valence-corrected chi connectivity index (χ3v) is 5.63. The van der Waals surface area contributed by atoms with Crippen molar-refractivity contribution in [3.05, 3.63) is 87.4 Å². The Morgan fingerprint density at radius 1 is 1.21 bits per heavy atom. The highest BCUT2D eigenvalue weighted by Gasteiger charge is 2.19. The molecular formula is C23H22ClFN6O3. The minimum absolute atomic E-state index is 0.0265. The van der Waals surface area contributed by atoms with Gasteiger partial charge in [-0.05, 0) is 31.2 Å². The topological polar surface area (TPSA) is 118 Å². The quantitative estimate of drug-likeness (QED) is 0.352. The fraction of sp³-hybridized carbons (Fsp3) is 0.217. The second kappa shape index (κ2) is 10.1. The highest BCUT2D eigenvalue weighted by atomic mass is 35.5. The maximum atomic E-state index is 14.4. The molecule has 34 heavy (non-hydrogen) atoms. The van der Waals surface area contributed by atoms with Gasteiger partial charge in [-0.15, -0.1) is 0 Å². The Kier molecular flexibility index (Phi) is 7.01. The van der Waals surface area contributed by atoms with E-state index >= 15 is 0 Å². The van der Waals surface area contributed by atoms with Gasteiger partial charge in [0.25, 0.3) is 5.56 Å². The average molecular weight is 485 g/mol. The third-order valence-electron chi connectivity index (χ3n) is 5.39. The van der Waals surface area contributed by atoms with Crippen molar-refractivity contribution in [1.82, 2.24) is 24.3 Å². The highest BCUT2D eigenvalue weighted by molar-refractivity contribution is 6.30. The Hall–Kier alpha value is -3.60. The first-order chi connectivity index (χ1) is 16.4. The summed E-state index contributed by atoms with van der Waals surface area (Å²) in [5, 5.41) is 26.5. The first-order valence-electron chi connectivity index (χ1n) is 10.4. The number of hydrogen-bond acceptors (Lipinski definition) is 7. The third kappa shape index (κ3) is 4.84. The molecule has 0 saturated heterocycles. The molecule has 176 valence electrons. The molecule has 0 bridgehead atoms. The Morgan fingerprint density at radius 2 is 2.03 bits per heavy atom. The lowest BCUT2D eigenvalue weighted by Crippen LogP contribution is -2.27. The minimum Gasteiger partial charge on any atom is -0.394 e. The monoisotopic (exact) mass is 484 g/mol. The number of halogens is 2. The molecule has 1 aromatic carbocycles. The van der Waals surface area contributed by atoms with Crippen molar-refractivity contribution in [3.63, 3.8) is 0 Å². The Bertz CT molecular complexity index is 1370. The van der Waals surface area contributed by atoms with E-state index in [1.165, 1.54) is 29.0 Å². The lowest BCUT2D eigenvalue weighted by Gasteiger charge is -2.19. The fourth-order valence-electron chi connectivity index (χ4n) is 3.60. The molecule has 0 aliphatic rings. The van der Waals surface area contributed by atoms with E-state index in [1.807, 2.05) is 6.92 Å². The van der Waals surface area contributed by atoms with Gasteiger partial charge >= 0.3 is 0 Å². The maximum absolute atomic E-state index is 14.4. The smallest absolute Gasteiger partial charge is 0.251 e. The van der Waals surface area contributed by atoms with Crippen LogP contribution in [0.2, 0.25) is 5.02 Å². The van der Waals surface area contributed by atoms with Crippen molar-refractivity contribution < 1.29 is 14.6 Å². The van der Waals surface area contributed by atoms with Crippen LogP contribution in [0, 0.1) is 12.7 Å². The van der Waals surface area contributed by atoms with Crippen LogP contribution < -0.4 is 10.9 Å². The standard InChI is InChI=1S/C23H22ClFN6O3/c1-14-20(12-27-31(14)8-9-32)29-23-26-6-4-19(28-23)15-5-7-30(22(34)10-15)21(13-33)17-3-2-16(24)11-18(17)25/h2-7,10-12,21,32-33H,8-9,13H2,1H3,(H,26,28,29)/t21-/m1/s1. The van der Waals surface area contributed by atoms with Crippen LogP contribution in [0.15, 0.2) is 59.8 Å². The predicted octanol–water partition coefficient (Wildman–Crippen LogP) is 2.92. The van der Waals surface area contributed by atoms with Crippen molar-refractivity contribution in [2.75, 3.05) is 18.5 Å². The highest BCUT2D eigenvalue weighted by Crippen LogP contribution is 2.24. The van der Waals surface area contributed by atoms with Crippen LogP contribution in [-0.4, -0.2) is 47.7 Å². The van der Waals surface area contributed by atoms with E-state index in [1.54, 1.807) is 29.2 Å².